The second-order valence-corrected chi connectivity index (χ2v) is 7.54. The molecule has 1 aliphatic rings. The van der Waals surface area contributed by atoms with Gasteiger partial charge in [0.05, 0.1) is 5.69 Å². The number of fused-ring (bicyclic) bond motifs is 2. The van der Waals surface area contributed by atoms with Crippen molar-refractivity contribution in [3.8, 4) is 22.4 Å². The molecule has 3 heterocycles. The van der Waals surface area contributed by atoms with E-state index < -0.39 is 17.8 Å². The number of benzene rings is 2. The Morgan fingerprint density at radius 1 is 1.03 bits per heavy atom. The first-order valence-electron chi connectivity index (χ1n) is 9.52. The van der Waals surface area contributed by atoms with Gasteiger partial charge in [-0.1, -0.05) is 18.7 Å². The molecule has 156 valence electrons. The predicted molar refractivity (Wildman–Crippen MR) is 110 cm³/mol. The molecule has 1 aliphatic heterocycles. The van der Waals surface area contributed by atoms with Gasteiger partial charge in [-0.15, -0.1) is 5.10 Å². The van der Waals surface area contributed by atoms with Crippen LogP contribution >= 0.6 is 0 Å². The summed E-state index contributed by atoms with van der Waals surface area (Å²) in [6, 6.07) is 12.8. The molecule has 2 aromatic carbocycles. The molecule has 0 atom stereocenters. The van der Waals surface area contributed by atoms with Crippen molar-refractivity contribution in [1.82, 2.24) is 14.6 Å². The van der Waals surface area contributed by atoms with Gasteiger partial charge in [0.25, 0.3) is 5.82 Å². The lowest BCUT2D eigenvalue weighted by Crippen LogP contribution is -2.08. The second kappa shape index (κ2) is 6.66. The highest BCUT2D eigenvalue weighted by Crippen LogP contribution is 2.39. The molecule has 0 aliphatic carbocycles. The SMILES string of the molecule is C=C1Cc2cc(-c3c(-c4ccc(F)cc4)ccc4nc(C(F)(F)F)nn34)cc(C)c2N1. The maximum Gasteiger partial charge on any atom is 0.453 e. The fraction of sp³-hybridized carbons (Fsp3) is 0.130. The topological polar surface area (TPSA) is 42.2 Å². The van der Waals surface area contributed by atoms with Crippen LogP contribution in [0.1, 0.15) is 17.0 Å². The zero-order valence-corrected chi connectivity index (χ0v) is 16.4. The molecule has 0 spiro atoms. The van der Waals surface area contributed by atoms with Gasteiger partial charge < -0.3 is 5.32 Å². The Hall–Kier alpha value is -3.68. The number of nitrogens with zero attached hydrogens (tertiary/aromatic N) is 3. The first-order chi connectivity index (χ1) is 14.7. The van der Waals surface area contributed by atoms with Gasteiger partial charge >= 0.3 is 6.18 Å². The maximum atomic E-state index is 13.5. The summed E-state index contributed by atoms with van der Waals surface area (Å²) in [5, 5.41) is 7.01. The van der Waals surface area contributed by atoms with Crippen LogP contribution in [0, 0.1) is 12.7 Å². The third-order valence-corrected chi connectivity index (χ3v) is 5.30. The summed E-state index contributed by atoms with van der Waals surface area (Å²) < 4.78 is 54.6. The summed E-state index contributed by atoms with van der Waals surface area (Å²) in [5.41, 5.74) is 6.24. The molecule has 0 amide bonds. The van der Waals surface area contributed by atoms with Crippen molar-refractivity contribution in [3.05, 3.63) is 83.6 Å². The average molecular weight is 424 g/mol. The van der Waals surface area contributed by atoms with Crippen molar-refractivity contribution in [2.24, 2.45) is 0 Å². The average Bonchev–Trinajstić information content (AvgIpc) is 3.31. The van der Waals surface area contributed by atoms with Gasteiger partial charge in [0.2, 0.25) is 0 Å². The molecule has 8 heteroatoms. The first-order valence-corrected chi connectivity index (χ1v) is 9.52. The van der Waals surface area contributed by atoms with Gasteiger partial charge in [-0.25, -0.2) is 13.9 Å². The quantitative estimate of drug-likeness (QED) is 0.401. The van der Waals surface area contributed by atoms with Crippen LogP contribution in [0.3, 0.4) is 0 Å². The minimum atomic E-state index is -4.67. The van der Waals surface area contributed by atoms with Crippen LogP contribution in [0.15, 0.2) is 60.8 Å². The van der Waals surface area contributed by atoms with Gasteiger partial charge in [-0.05, 0) is 60.0 Å². The fourth-order valence-corrected chi connectivity index (χ4v) is 3.97. The van der Waals surface area contributed by atoms with E-state index >= 15 is 0 Å². The van der Waals surface area contributed by atoms with Crippen LogP contribution in [0.4, 0.5) is 23.2 Å². The summed E-state index contributed by atoms with van der Waals surface area (Å²) in [7, 11) is 0. The molecule has 0 radical (unpaired) electrons. The van der Waals surface area contributed by atoms with Crippen LogP contribution in [0.25, 0.3) is 28.0 Å². The van der Waals surface area contributed by atoms with Crippen molar-refractivity contribution in [3.63, 3.8) is 0 Å². The molecule has 31 heavy (non-hydrogen) atoms. The molecule has 0 unspecified atom stereocenters. The number of aryl methyl sites for hydroxylation is 1. The Balaban J connectivity index is 1.82. The number of hydrogen-bond acceptors (Lipinski definition) is 3. The smallest absolute Gasteiger partial charge is 0.359 e. The summed E-state index contributed by atoms with van der Waals surface area (Å²) in [6.45, 7) is 5.89. The van der Waals surface area contributed by atoms with Gasteiger partial charge in [-0.2, -0.15) is 13.2 Å². The Morgan fingerprint density at radius 3 is 2.48 bits per heavy atom. The number of alkyl halides is 3. The molecule has 0 bridgehead atoms. The highest BCUT2D eigenvalue weighted by atomic mass is 19.4. The Morgan fingerprint density at radius 2 is 1.77 bits per heavy atom. The number of pyridine rings is 1. The number of nitrogens with one attached hydrogen (secondary N) is 1. The van der Waals surface area contributed by atoms with E-state index in [2.05, 4.69) is 22.0 Å². The number of aromatic nitrogens is 3. The molecule has 4 nitrogen and oxygen atoms in total. The van der Waals surface area contributed by atoms with Crippen LogP contribution in [0.2, 0.25) is 0 Å². The second-order valence-electron chi connectivity index (χ2n) is 7.54. The molecule has 1 N–H and O–H groups in total. The van der Waals surface area contributed by atoms with E-state index in [4.69, 9.17) is 0 Å². The van der Waals surface area contributed by atoms with E-state index in [1.165, 1.54) is 22.7 Å². The van der Waals surface area contributed by atoms with Crippen LogP contribution in [0.5, 0.6) is 0 Å². The molecular formula is C23H16F4N4. The van der Waals surface area contributed by atoms with E-state index in [1.54, 1.807) is 18.2 Å². The van der Waals surface area contributed by atoms with Gasteiger partial charge in [-0.3, -0.25) is 0 Å². The van der Waals surface area contributed by atoms with Crippen molar-refractivity contribution in [2.75, 3.05) is 5.32 Å². The number of halogens is 4. The zero-order valence-electron chi connectivity index (χ0n) is 16.4. The van der Waals surface area contributed by atoms with Crippen molar-refractivity contribution >= 4 is 11.3 Å². The normalized spacial score (nSPS) is 13.5. The van der Waals surface area contributed by atoms with E-state index in [-0.39, 0.29) is 5.65 Å². The Bertz CT molecular complexity index is 1350. The first kappa shape index (κ1) is 19.3. The third-order valence-electron chi connectivity index (χ3n) is 5.30. The largest absolute Gasteiger partial charge is 0.453 e. The monoisotopic (exact) mass is 424 g/mol. The number of rotatable bonds is 2. The van der Waals surface area contributed by atoms with E-state index in [9.17, 15) is 17.6 Å². The highest BCUT2D eigenvalue weighted by Gasteiger charge is 2.36. The van der Waals surface area contributed by atoms with E-state index in [0.29, 0.717) is 28.8 Å². The Kier molecular flexibility index (Phi) is 4.15. The summed E-state index contributed by atoms with van der Waals surface area (Å²) in [6.07, 6.45) is -4.05. The lowest BCUT2D eigenvalue weighted by molar-refractivity contribution is -0.144. The van der Waals surface area contributed by atoms with Crippen molar-refractivity contribution < 1.29 is 17.6 Å². The van der Waals surface area contributed by atoms with Crippen LogP contribution in [-0.4, -0.2) is 14.6 Å². The standard InChI is InChI=1S/C23H16F4N4/c1-12-9-16(11-15-10-13(2)28-20(12)15)21-18(14-3-5-17(24)6-4-14)7-8-19-29-22(23(25,26)27)30-31(19)21/h3-9,11,28H,2,10H2,1H3. The number of allylic oxidation sites excluding steroid dienone is 1. The van der Waals surface area contributed by atoms with Crippen molar-refractivity contribution in [1.29, 1.82) is 0 Å². The molecule has 4 aromatic rings. The maximum absolute atomic E-state index is 13.5. The number of anilines is 1. The summed E-state index contributed by atoms with van der Waals surface area (Å²) in [4.78, 5) is 3.67. The Labute approximate surface area is 174 Å². The minimum absolute atomic E-state index is 0.0777. The van der Waals surface area contributed by atoms with Crippen molar-refractivity contribution in [2.45, 2.75) is 19.5 Å². The fourth-order valence-electron chi connectivity index (χ4n) is 3.97. The van der Waals surface area contributed by atoms with E-state index in [0.717, 1.165) is 22.5 Å². The highest BCUT2D eigenvalue weighted by molar-refractivity contribution is 5.85. The molecule has 2 aromatic heterocycles. The number of hydrogen-bond donors (Lipinski definition) is 1. The molecule has 0 saturated heterocycles. The summed E-state index contributed by atoms with van der Waals surface area (Å²) in [5.74, 6) is -1.61. The molecule has 0 fully saturated rings. The zero-order chi connectivity index (χ0) is 21.9. The van der Waals surface area contributed by atoms with Crippen LogP contribution in [-0.2, 0) is 12.6 Å². The molecule has 5 rings (SSSR count). The predicted octanol–water partition coefficient (Wildman–Crippen LogP) is 6.01. The summed E-state index contributed by atoms with van der Waals surface area (Å²) >= 11 is 0. The minimum Gasteiger partial charge on any atom is -0.359 e. The van der Waals surface area contributed by atoms with Gasteiger partial charge in [0.1, 0.15) is 5.82 Å². The van der Waals surface area contributed by atoms with Gasteiger partial charge in [0.15, 0.2) is 5.65 Å². The lowest BCUT2D eigenvalue weighted by atomic mass is 9.95. The molecule has 0 saturated carbocycles. The third kappa shape index (κ3) is 3.24. The van der Waals surface area contributed by atoms with E-state index in [1.807, 2.05) is 19.1 Å². The molecular weight excluding hydrogens is 408 g/mol. The lowest BCUT2D eigenvalue weighted by Gasteiger charge is -2.14. The van der Waals surface area contributed by atoms with Gasteiger partial charge in [0, 0.05) is 28.9 Å². The van der Waals surface area contributed by atoms with Crippen LogP contribution < -0.4 is 5.32 Å².